The average Bonchev–Trinajstić information content (AvgIpc) is 2.96. The smallest absolute Gasteiger partial charge is 0.115 e. The molecule has 2 aromatic rings. The Balaban J connectivity index is 2.32. The molecule has 0 radical (unpaired) electrons. The molecule has 0 aliphatic heterocycles. The zero-order valence-corrected chi connectivity index (χ0v) is 17.8. The number of aliphatic hydroxyl groups is 1. The van der Waals surface area contributed by atoms with Crippen molar-refractivity contribution in [2.24, 2.45) is 5.41 Å². The van der Waals surface area contributed by atoms with Gasteiger partial charge in [-0.15, -0.1) is 11.3 Å². The number of hydrogen-bond acceptors (Lipinski definition) is 4. The van der Waals surface area contributed by atoms with E-state index >= 15 is 0 Å². The summed E-state index contributed by atoms with van der Waals surface area (Å²) in [5, 5.41) is 21.1. The molecule has 0 aliphatic rings. The molecule has 2 rings (SSSR count). The van der Waals surface area contributed by atoms with Gasteiger partial charge in [0.1, 0.15) is 10.8 Å². The van der Waals surface area contributed by atoms with Crippen LogP contribution in [-0.4, -0.2) is 21.3 Å². The van der Waals surface area contributed by atoms with Gasteiger partial charge in [-0.05, 0) is 55.7 Å². The van der Waals surface area contributed by atoms with Crippen molar-refractivity contribution in [1.82, 2.24) is 4.98 Å². The molecule has 144 valence electrons. The highest BCUT2D eigenvalue weighted by atomic mass is 32.1. The minimum absolute atomic E-state index is 0.0932. The van der Waals surface area contributed by atoms with Crippen molar-refractivity contribution < 1.29 is 10.2 Å². The third-order valence-electron chi connectivity index (χ3n) is 5.57. The van der Waals surface area contributed by atoms with Crippen LogP contribution < -0.4 is 0 Å². The molecule has 1 atom stereocenters. The van der Waals surface area contributed by atoms with Crippen molar-refractivity contribution in [2.75, 3.05) is 0 Å². The first-order valence-electron chi connectivity index (χ1n) is 9.58. The maximum Gasteiger partial charge on any atom is 0.115 e. The SMILES string of the molecule is CCC(CC)(c1ccc(O)cc1)c1nc(C)c(CCC(O)C(C)(C)C)s1. The Kier molecular flexibility index (Phi) is 6.51. The van der Waals surface area contributed by atoms with Crippen LogP contribution in [0.2, 0.25) is 0 Å². The molecule has 3 nitrogen and oxygen atoms in total. The van der Waals surface area contributed by atoms with Gasteiger partial charge in [-0.25, -0.2) is 4.98 Å². The summed E-state index contributed by atoms with van der Waals surface area (Å²) < 4.78 is 0. The van der Waals surface area contributed by atoms with Gasteiger partial charge in [0, 0.05) is 10.3 Å². The zero-order chi connectivity index (χ0) is 19.5. The number of thiazole rings is 1. The van der Waals surface area contributed by atoms with Crippen LogP contribution in [0.5, 0.6) is 5.75 Å². The topological polar surface area (TPSA) is 53.4 Å². The maximum atomic E-state index is 10.4. The zero-order valence-electron chi connectivity index (χ0n) is 17.0. The van der Waals surface area contributed by atoms with E-state index in [9.17, 15) is 10.2 Å². The van der Waals surface area contributed by atoms with Crippen LogP contribution in [0.4, 0.5) is 0 Å². The maximum absolute atomic E-state index is 10.4. The normalized spacial score (nSPS) is 13.8. The molecule has 2 N–H and O–H groups in total. The van der Waals surface area contributed by atoms with E-state index in [4.69, 9.17) is 4.98 Å². The first-order chi connectivity index (χ1) is 12.1. The molecule has 1 unspecified atom stereocenters. The van der Waals surface area contributed by atoms with Gasteiger partial charge in [-0.1, -0.05) is 46.8 Å². The second kappa shape index (κ2) is 8.10. The number of rotatable bonds is 7. The number of nitrogens with zero attached hydrogens (tertiary/aromatic N) is 1. The van der Waals surface area contributed by atoms with Crippen molar-refractivity contribution in [1.29, 1.82) is 0 Å². The molecule has 26 heavy (non-hydrogen) atoms. The van der Waals surface area contributed by atoms with Crippen molar-refractivity contribution in [3.8, 4) is 5.75 Å². The third-order valence-corrected chi connectivity index (χ3v) is 6.99. The van der Waals surface area contributed by atoms with Crippen LogP contribution in [0, 0.1) is 12.3 Å². The summed E-state index contributed by atoms with van der Waals surface area (Å²) >= 11 is 1.78. The molecule has 4 heteroatoms. The van der Waals surface area contributed by atoms with Gasteiger partial charge in [0.25, 0.3) is 0 Å². The van der Waals surface area contributed by atoms with E-state index in [-0.39, 0.29) is 16.9 Å². The first-order valence-corrected chi connectivity index (χ1v) is 10.4. The lowest BCUT2D eigenvalue weighted by atomic mass is 9.76. The van der Waals surface area contributed by atoms with Crippen LogP contribution in [0.3, 0.4) is 0 Å². The monoisotopic (exact) mass is 375 g/mol. The predicted octanol–water partition coefficient (Wildman–Crippen LogP) is 5.60. The summed E-state index contributed by atoms with van der Waals surface area (Å²) in [4.78, 5) is 6.21. The van der Waals surface area contributed by atoms with Gasteiger partial charge in [0.2, 0.25) is 0 Å². The number of aromatic nitrogens is 1. The Morgan fingerprint density at radius 3 is 2.15 bits per heavy atom. The van der Waals surface area contributed by atoms with Gasteiger partial charge < -0.3 is 10.2 Å². The van der Waals surface area contributed by atoms with Crippen LogP contribution >= 0.6 is 11.3 Å². The summed E-state index contributed by atoms with van der Waals surface area (Å²) in [6, 6.07) is 7.55. The Labute approximate surface area is 162 Å². The van der Waals surface area contributed by atoms with Gasteiger partial charge in [0.05, 0.1) is 11.8 Å². The molecule has 0 spiro atoms. The number of phenols is 1. The molecule has 0 aliphatic carbocycles. The molecule has 0 saturated heterocycles. The standard InChI is InChI=1S/C22H33NO2S/c1-7-22(8-2,16-9-11-17(24)12-10-16)20-23-15(3)18(26-20)13-14-19(25)21(4,5)6/h9-12,19,24-25H,7-8,13-14H2,1-6H3. The average molecular weight is 376 g/mol. The fourth-order valence-electron chi connectivity index (χ4n) is 3.43. The quantitative estimate of drug-likeness (QED) is 0.662. The summed E-state index contributed by atoms with van der Waals surface area (Å²) in [6.07, 6.45) is 3.24. The highest BCUT2D eigenvalue weighted by Crippen LogP contribution is 2.42. The van der Waals surface area contributed by atoms with Gasteiger partial charge >= 0.3 is 0 Å². The molecule has 1 aromatic carbocycles. The van der Waals surface area contributed by atoms with Crippen LogP contribution in [0.25, 0.3) is 0 Å². The highest BCUT2D eigenvalue weighted by molar-refractivity contribution is 7.12. The molecule has 0 amide bonds. The number of aromatic hydroxyl groups is 1. The Bertz CT molecular complexity index is 709. The fourth-order valence-corrected chi connectivity index (χ4v) is 4.86. The lowest BCUT2D eigenvalue weighted by Gasteiger charge is -2.30. The van der Waals surface area contributed by atoms with E-state index in [0.29, 0.717) is 5.75 Å². The van der Waals surface area contributed by atoms with E-state index in [1.165, 1.54) is 10.4 Å². The summed E-state index contributed by atoms with van der Waals surface area (Å²) in [6.45, 7) is 12.7. The molecule has 0 bridgehead atoms. The Morgan fingerprint density at radius 2 is 1.65 bits per heavy atom. The Morgan fingerprint density at radius 1 is 1.08 bits per heavy atom. The fraction of sp³-hybridized carbons (Fsp3) is 0.591. The number of hydrogen-bond donors (Lipinski definition) is 2. The highest BCUT2D eigenvalue weighted by Gasteiger charge is 2.34. The number of benzene rings is 1. The summed E-state index contributed by atoms with van der Waals surface area (Å²) in [7, 11) is 0. The van der Waals surface area contributed by atoms with Crippen LogP contribution in [0.1, 0.15) is 75.0 Å². The van der Waals surface area contributed by atoms with Crippen molar-refractivity contribution in [3.05, 3.63) is 45.4 Å². The largest absolute Gasteiger partial charge is 0.508 e. The summed E-state index contributed by atoms with van der Waals surface area (Å²) in [5.74, 6) is 0.294. The van der Waals surface area contributed by atoms with E-state index in [0.717, 1.165) is 36.4 Å². The van der Waals surface area contributed by atoms with E-state index in [1.54, 1.807) is 23.5 Å². The van der Waals surface area contributed by atoms with Gasteiger partial charge in [-0.2, -0.15) is 0 Å². The van der Waals surface area contributed by atoms with Crippen molar-refractivity contribution in [2.45, 2.75) is 78.7 Å². The second-order valence-electron chi connectivity index (χ2n) is 8.28. The van der Waals surface area contributed by atoms with Crippen LogP contribution in [-0.2, 0) is 11.8 Å². The molecular formula is C22H33NO2S. The lowest BCUT2D eigenvalue weighted by molar-refractivity contribution is 0.0561. The molecule has 0 saturated carbocycles. The number of aliphatic hydroxyl groups excluding tert-OH is 1. The molecule has 0 fully saturated rings. The first kappa shape index (κ1) is 20.9. The number of phenolic OH excluding ortho intramolecular Hbond substituents is 1. The predicted molar refractivity (Wildman–Crippen MR) is 110 cm³/mol. The lowest BCUT2D eigenvalue weighted by Crippen LogP contribution is -2.26. The van der Waals surface area contributed by atoms with E-state index in [2.05, 4.69) is 41.5 Å². The molecular weight excluding hydrogens is 342 g/mol. The molecule has 1 aromatic heterocycles. The Hall–Kier alpha value is -1.39. The molecule has 1 heterocycles. The third kappa shape index (κ3) is 4.29. The van der Waals surface area contributed by atoms with E-state index in [1.807, 2.05) is 12.1 Å². The summed E-state index contributed by atoms with van der Waals surface area (Å²) in [5.41, 5.74) is 2.07. The minimum Gasteiger partial charge on any atom is -0.508 e. The van der Waals surface area contributed by atoms with E-state index < -0.39 is 0 Å². The van der Waals surface area contributed by atoms with Crippen molar-refractivity contribution >= 4 is 11.3 Å². The number of aryl methyl sites for hydroxylation is 2. The van der Waals surface area contributed by atoms with Crippen LogP contribution in [0.15, 0.2) is 24.3 Å². The van der Waals surface area contributed by atoms with Crippen molar-refractivity contribution in [3.63, 3.8) is 0 Å². The second-order valence-corrected chi connectivity index (χ2v) is 9.37. The van der Waals surface area contributed by atoms with Gasteiger partial charge in [0.15, 0.2) is 0 Å². The minimum atomic E-state index is -0.313. The van der Waals surface area contributed by atoms with Gasteiger partial charge in [-0.3, -0.25) is 0 Å².